The molecule has 0 bridgehead atoms. The van der Waals surface area contributed by atoms with Gasteiger partial charge in [-0.2, -0.15) is 13.2 Å². The Bertz CT molecular complexity index is 260. The second-order valence-corrected chi connectivity index (χ2v) is 3.44. The first kappa shape index (κ1) is 7.93. The topological polar surface area (TPSA) is 12.0 Å². The number of hydrogen-bond donors (Lipinski definition) is 1. The highest BCUT2D eigenvalue weighted by Gasteiger charge is 2.56. The summed E-state index contributed by atoms with van der Waals surface area (Å²) in [7, 11) is 0. The Morgan fingerprint density at radius 2 is 2.17 bits per heavy atom. The van der Waals surface area contributed by atoms with Crippen LogP contribution in [0.25, 0.3) is 0 Å². The zero-order valence-corrected chi connectivity index (χ0v) is 6.33. The quantitative estimate of drug-likeness (QED) is 0.545. The van der Waals surface area contributed by atoms with Crippen LogP contribution in [0.2, 0.25) is 0 Å². The summed E-state index contributed by atoms with van der Waals surface area (Å²) in [5.41, 5.74) is -0.324. The minimum absolute atomic E-state index is 0.324. The number of nitrogens with one attached hydrogen (secondary N) is 1. The van der Waals surface area contributed by atoms with Crippen molar-refractivity contribution in [2.45, 2.75) is 12.6 Å². The third-order valence-corrected chi connectivity index (χ3v) is 2.52. The van der Waals surface area contributed by atoms with Crippen molar-refractivity contribution < 1.29 is 13.2 Å². The molecule has 2 fully saturated rings. The van der Waals surface area contributed by atoms with E-state index in [2.05, 4.69) is 11.2 Å². The maximum Gasteiger partial charge on any atom is 0.457 e. The SMILES string of the molecule is FC(F)(F)C#CC12CNCC1C2. The van der Waals surface area contributed by atoms with E-state index in [4.69, 9.17) is 0 Å². The minimum atomic E-state index is -4.33. The van der Waals surface area contributed by atoms with Crippen LogP contribution in [0.1, 0.15) is 6.42 Å². The zero-order chi connectivity index (χ0) is 8.82. The molecule has 0 radical (unpaired) electrons. The van der Waals surface area contributed by atoms with Gasteiger partial charge in [-0.25, -0.2) is 0 Å². The number of piperidine rings is 1. The zero-order valence-electron chi connectivity index (χ0n) is 6.33. The Labute approximate surface area is 68.3 Å². The summed E-state index contributed by atoms with van der Waals surface area (Å²) in [6.45, 7) is 1.45. The minimum Gasteiger partial charge on any atom is -0.315 e. The fourth-order valence-electron chi connectivity index (χ4n) is 1.73. The highest BCUT2D eigenvalue weighted by Crippen LogP contribution is 2.54. The van der Waals surface area contributed by atoms with Gasteiger partial charge in [0.25, 0.3) is 0 Å². The van der Waals surface area contributed by atoms with Gasteiger partial charge in [0, 0.05) is 17.9 Å². The van der Waals surface area contributed by atoms with Crippen molar-refractivity contribution in [3.63, 3.8) is 0 Å². The maximum absolute atomic E-state index is 11.7. The molecule has 1 saturated heterocycles. The number of halogens is 3. The first-order valence-electron chi connectivity index (χ1n) is 3.84. The molecule has 1 saturated carbocycles. The Morgan fingerprint density at radius 1 is 1.42 bits per heavy atom. The Balaban J connectivity index is 2.07. The molecule has 0 amide bonds. The van der Waals surface area contributed by atoms with E-state index in [-0.39, 0.29) is 5.41 Å². The lowest BCUT2D eigenvalue weighted by Crippen LogP contribution is -2.15. The van der Waals surface area contributed by atoms with Gasteiger partial charge in [-0.3, -0.25) is 0 Å². The van der Waals surface area contributed by atoms with E-state index in [0.29, 0.717) is 12.5 Å². The van der Waals surface area contributed by atoms with E-state index in [1.165, 1.54) is 5.92 Å². The van der Waals surface area contributed by atoms with Crippen LogP contribution in [-0.4, -0.2) is 19.3 Å². The van der Waals surface area contributed by atoms with Crippen molar-refractivity contribution in [1.82, 2.24) is 5.32 Å². The lowest BCUT2D eigenvalue weighted by molar-refractivity contribution is -0.0698. The molecule has 66 valence electrons. The Morgan fingerprint density at radius 3 is 2.58 bits per heavy atom. The second kappa shape index (κ2) is 2.17. The third-order valence-electron chi connectivity index (χ3n) is 2.52. The average molecular weight is 175 g/mol. The highest BCUT2D eigenvalue weighted by molar-refractivity contribution is 5.28. The lowest BCUT2D eigenvalue weighted by Gasteiger charge is -2.00. The molecule has 2 rings (SSSR count). The molecule has 0 spiro atoms. The number of alkyl halides is 3. The van der Waals surface area contributed by atoms with Crippen molar-refractivity contribution in [3.8, 4) is 11.8 Å². The Kier molecular flexibility index (Phi) is 1.43. The molecule has 0 aromatic heterocycles. The van der Waals surface area contributed by atoms with Crippen LogP contribution < -0.4 is 5.32 Å². The highest BCUT2D eigenvalue weighted by atomic mass is 19.4. The molecule has 2 unspecified atom stereocenters. The van der Waals surface area contributed by atoms with Gasteiger partial charge in [-0.15, -0.1) is 0 Å². The average Bonchev–Trinajstić information content (AvgIpc) is 2.51. The van der Waals surface area contributed by atoms with Crippen LogP contribution in [0.4, 0.5) is 13.2 Å². The molecule has 1 nitrogen and oxygen atoms in total. The molecule has 2 atom stereocenters. The van der Waals surface area contributed by atoms with Crippen LogP contribution in [0, 0.1) is 23.2 Å². The van der Waals surface area contributed by atoms with Crippen molar-refractivity contribution in [2.24, 2.45) is 11.3 Å². The smallest absolute Gasteiger partial charge is 0.315 e. The van der Waals surface area contributed by atoms with Gasteiger partial charge in [0.15, 0.2) is 0 Å². The van der Waals surface area contributed by atoms with E-state index in [9.17, 15) is 13.2 Å². The summed E-state index contributed by atoms with van der Waals surface area (Å²) < 4.78 is 35.1. The van der Waals surface area contributed by atoms with E-state index in [1.807, 2.05) is 0 Å². The monoisotopic (exact) mass is 175 g/mol. The van der Waals surface area contributed by atoms with Crippen LogP contribution in [0.15, 0.2) is 0 Å². The fraction of sp³-hybridized carbons (Fsp3) is 0.750. The summed E-state index contributed by atoms with van der Waals surface area (Å²) >= 11 is 0. The predicted octanol–water partition coefficient (Wildman–Crippen LogP) is 1.16. The summed E-state index contributed by atoms with van der Waals surface area (Å²) in [5.74, 6) is 4.06. The van der Waals surface area contributed by atoms with Gasteiger partial charge in [0.1, 0.15) is 0 Å². The predicted molar refractivity (Wildman–Crippen MR) is 37.2 cm³/mol. The molecule has 1 heterocycles. The molecular formula is C8H8F3N. The molecule has 4 heteroatoms. The second-order valence-electron chi connectivity index (χ2n) is 3.44. The normalized spacial score (nSPS) is 38.4. The van der Waals surface area contributed by atoms with Gasteiger partial charge in [0.2, 0.25) is 0 Å². The number of fused-ring (bicyclic) bond motifs is 1. The fourth-order valence-corrected chi connectivity index (χ4v) is 1.73. The van der Waals surface area contributed by atoms with E-state index >= 15 is 0 Å². The largest absolute Gasteiger partial charge is 0.457 e. The van der Waals surface area contributed by atoms with E-state index in [0.717, 1.165) is 13.0 Å². The molecule has 1 aliphatic heterocycles. The van der Waals surface area contributed by atoms with Gasteiger partial charge < -0.3 is 5.32 Å². The molecule has 1 N–H and O–H groups in total. The standard InChI is InChI=1S/C8H8F3N/c9-8(10,11)2-1-7-3-6(7)4-12-5-7/h6,12H,3-5H2. The Hall–Kier alpha value is -0.690. The maximum atomic E-state index is 11.7. The first-order valence-corrected chi connectivity index (χ1v) is 3.84. The molecule has 0 aromatic carbocycles. The van der Waals surface area contributed by atoms with E-state index < -0.39 is 6.18 Å². The van der Waals surface area contributed by atoms with Crippen molar-refractivity contribution in [3.05, 3.63) is 0 Å². The molecule has 0 aromatic rings. The molecule has 1 aliphatic carbocycles. The lowest BCUT2D eigenvalue weighted by atomic mass is 10.1. The van der Waals surface area contributed by atoms with Gasteiger partial charge in [0.05, 0.1) is 0 Å². The molecule has 12 heavy (non-hydrogen) atoms. The summed E-state index contributed by atoms with van der Waals surface area (Å²) in [4.78, 5) is 0. The van der Waals surface area contributed by atoms with Crippen LogP contribution in [0.5, 0.6) is 0 Å². The van der Waals surface area contributed by atoms with Crippen molar-refractivity contribution in [2.75, 3.05) is 13.1 Å². The molecular weight excluding hydrogens is 167 g/mol. The first-order chi connectivity index (χ1) is 5.52. The van der Waals surface area contributed by atoms with Crippen molar-refractivity contribution in [1.29, 1.82) is 0 Å². The van der Waals surface area contributed by atoms with Gasteiger partial charge in [-0.1, -0.05) is 5.92 Å². The van der Waals surface area contributed by atoms with Gasteiger partial charge >= 0.3 is 6.18 Å². The summed E-state index contributed by atoms with van der Waals surface area (Å²) in [6.07, 6.45) is -3.49. The van der Waals surface area contributed by atoms with Crippen LogP contribution in [0.3, 0.4) is 0 Å². The summed E-state index contributed by atoms with van der Waals surface area (Å²) in [6, 6.07) is 0. The number of rotatable bonds is 0. The van der Waals surface area contributed by atoms with E-state index in [1.54, 1.807) is 0 Å². The molecule has 2 aliphatic rings. The van der Waals surface area contributed by atoms with Crippen molar-refractivity contribution >= 4 is 0 Å². The van der Waals surface area contributed by atoms with Gasteiger partial charge in [-0.05, 0) is 18.9 Å². The third kappa shape index (κ3) is 1.29. The van der Waals surface area contributed by atoms with Crippen LogP contribution in [-0.2, 0) is 0 Å². The number of hydrogen-bond acceptors (Lipinski definition) is 1. The van der Waals surface area contributed by atoms with Crippen LogP contribution >= 0.6 is 0 Å². The summed E-state index contributed by atoms with van der Waals surface area (Å²) in [5, 5.41) is 3.03.